The Labute approximate surface area is 118 Å². The summed E-state index contributed by atoms with van der Waals surface area (Å²) in [6, 6.07) is 10.2. The van der Waals surface area contributed by atoms with E-state index in [1.807, 2.05) is 32.0 Å². The van der Waals surface area contributed by atoms with Gasteiger partial charge in [0, 0.05) is 11.3 Å². The van der Waals surface area contributed by atoms with Gasteiger partial charge in [0.05, 0.1) is 18.8 Å². The molecule has 4 heteroatoms. The maximum atomic E-state index is 13.6. The number of aryl methyl sites for hydroxylation is 1. The molecule has 0 saturated heterocycles. The lowest BCUT2D eigenvalue weighted by Gasteiger charge is -2.20. The van der Waals surface area contributed by atoms with E-state index < -0.39 is 0 Å². The molecular formula is C16H19FN2O. The fraction of sp³-hybridized carbons (Fsp3) is 0.312. The van der Waals surface area contributed by atoms with Crippen LogP contribution in [0.4, 0.5) is 4.39 Å². The van der Waals surface area contributed by atoms with Crippen LogP contribution in [-0.4, -0.2) is 18.6 Å². The Hall–Kier alpha value is -1.94. The molecule has 1 unspecified atom stereocenters. The smallest absolute Gasteiger partial charge is 0.124 e. The van der Waals surface area contributed by atoms with Crippen LogP contribution in [0.2, 0.25) is 0 Å². The molecule has 0 bridgehead atoms. The highest BCUT2D eigenvalue weighted by molar-refractivity contribution is 5.40. The molecule has 1 heterocycles. The van der Waals surface area contributed by atoms with E-state index in [2.05, 4.69) is 10.3 Å². The second-order valence-electron chi connectivity index (χ2n) is 4.58. The highest BCUT2D eigenvalue weighted by atomic mass is 19.1. The Morgan fingerprint density at radius 3 is 2.75 bits per heavy atom. The molecule has 0 aliphatic rings. The number of hydrogen-bond donors (Lipinski definition) is 1. The minimum Gasteiger partial charge on any atom is -0.496 e. The van der Waals surface area contributed by atoms with Crippen LogP contribution < -0.4 is 10.1 Å². The molecule has 20 heavy (non-hydrogen) atoms. The molecule has 0 aliphatic carbocycles. The topological polar surface area (TPSA) is 34.2 Å². The number of nitrogens with one attached hydrogen (secondary N) is 1. The van der Waals surface area contributed by atoms with Gasteiger partial charge in [-0.1, -0.05) is 13.0 Å². The summed E-state index contributed by atoms with van der Waals surface area (Å²) in [6.07, 6.45) is 0. The second-order valence-corrected chi connectivity index (χ2v) is 4.58. The van der Waals surface area contributed by atoms with Crippen molar-refractivity contribution in [3.05, 3.63) is 59.2 Å². The molecule has 1 aromatic heterocycles. The highest BCUT2D eigenvalue weighted by Gasteiger charge is 2.19. The van der Waals surface area contributed by atoms with E-state index in [-0.39, 0.29) is 11.9 Å². The standard InChI is InChI=1S/C16H19FN2O/c1-4-18-16(14-7-5-6-11(2)19-14)13-10-12(17)8-9-15(13)20-3/h5-10,16,18H,4H2,1-3H3. The van der Waals surface area contributed by atoms with E-state index in [1.54, 1.807) is 13.2 Å². The summed E-state index contributed by atoms with van der Waals surface area (Å²) in [5, 5.41) is 3.34. The average Bonchev–Trinajstić information content (AvgIpc) is 2.44. The van der Waals surface area contributed by atoms with Crippen molar-refractivity contribution >= 4 is 0 Å². The van der Waals surface area contributed by atoms with Gasteiger partial charge in [-0.05, 0) is 43.8 Å². The Kier molecular flexibility index (Phi) is 4.69. The molecule has 0 spiro atoms. The van der Waals surface area contributed by atoms with Crippen molar-refractivity contribution in [1.82, 2.24) is 10.3 Å². The summed E-state index contributed by atoms with van der Waals surface area (Å²) >= 11 is 0. The number of hydrogen-bond acceptors (Lipinski definition) is 3. The quantitative estimate of drug-likeness (QED) is 0.909. The minimum atomic E-state index is -0.281. The number of methoxy groups -OCH3 is 1. The van der Waals surface area contributed by atoms with Crippen molar-refractivity contribution in [3.63, 3.8) is 0 Å². The molecule has 0 aliphatic heterocycles. The zero-order valence-corrected chi connectivity index (χ0v) is 12.0. The van der Waals surface area contributed by atoms with E-state index >= 15 is 0 Å². The molecule has 0 radical (unpaired) electrons. The maximum Gasteiger partial charge on any atom is 0.124 e. The van der Waals surface area contributed by atoms with E-state index in [0.29, 0.717) is 5.75 Å². The first-order valence-corrected chi connectivity index (χ1v) is 6.66. The van der Waals surface area contributed by atoms with Crippen LogP contribution in [0.15, 0.2) is 36.4 Å². The van der Waals surface area contributed by atoms with E-state index in [4.69, 9.17) is 4.74 Å². The monoisotopic (exact) mass is 274 g/mol. The number of aromatic nitrogens is 1. The van der Waals surface area contributed by atoms with Gasteiger partial charge in [0.1, 0.15) is 11.6 Å². The largest absolute Gasteiger partial charge is 0.496 e. The summed E-state index contributed by atoms with van der Waals surface area (Å²) in [7, 11) is 1.59. The third-order valence-corrected chi connectivity index (χ3v) is 3.12. The first-order chi connectivity index (χ1) is 9.65. The first-order valence-electron chi connectivity index (χ1n) is 6.66. The zero-order chi connectivity index (χ0) is 14.5. The number of benzene rings is 1. The fourth-order valence-electron chi connectivity index (χ4n) is 2.23. The summed E-state index contributed by atoms with van der Waals surface area (Å²) < 4.78 is 18.9. The van der Waals surface area contributed by atoms with E-state index in [1.165, 1.54) is 12.1 Å². The summed E-state index contributed by atoms with van der Waals surface area (Å²) in [5.41, 5.74) is 2.55. The van der Waals surface area contributed by atoms with Crippen molar-refractivity contribution in [2.24, 2.45) is 0 Å². The lowest BCUT2D eigenvalue weighted by molar-refractivity contribution is 0.402. The molecule has 0 saturated carbocycles. The Bertz CT molecular complexity index is 586. The van der Waals surface area contributed by atoms with Crippen LogP contribution in [0.25, 0.3) is 0 Å². The van der Waals surface area contributed by atoms with Crippen molar-refractivity contribution in [2.45, 2.75) is 19.9 Å². The Morgan fingerprint density at radius 2 is 2.10 bits per heavy atom. The Morgan fingerprint density at radius 1 is 1.30 bits per heavy atom. The van der Waals surface area contributed by atoms with Crippen molar-refractivity contribution in [3.8, 4) is 5.75 Å². The van der Waals surface area contributed by atoms with E-state index in [0.717, 1.165) is 23.5 Å². The number of ether oxygens (including phenoxy) is 1. The van der Waals surface area contributed by atoms with Crippen LogP contribution >= 0.6 is 0 Å². The number of halogens is 1. The van der Waals surface area contributed by atoms with Gasteiger partial charge in [-0.15, -0.1) is 0 Å². The van der Waals surface area contributed by atoms with Crippen LogP contribution in [0.1, 0.15) is 29.9 Å². The van der Waals surface area contributed by atoms with E-state index in [9.17, 15) is 4.39 Å². The van der Waals surface area contributed by atoms with Gasteiger partial charge in [0.2, 0.25) is 0 Å². The molecule has 106 valence electrons. The highest BCUT2D eigenvalue weighted by Crippen LogP contribution is 2.30. The predicted molar refractivity (Wildman–Crippen MR) is 77.4 cm³/mol. The molecular weight excluding hydrogens is 255 g/mol. The Balaban J connectivity index is 2.50. The van der Waals surface area contributed by atoms with Gasteiger partial charge in [0.25, 0.3) is 0 Å². The van der Waals surface area contributed by atoms with Crippen molar-refractivity contribution in [1.29, 1.82) is 0 Å². The van der Waals surface area contributed by atoms with Crippen LogP contribution in [0.5, 0.6) is 5.75 Å². The van der Waals surface area contributed by atoms with Crippen molar-refractivity contribution in [2.75, 3.05) is 13.7 Å². The second kappa shape index (κ2) is 6.48. The van der Waals surface area contributed by atoms with Crippen molar-refractivity contribution < 1.29 is 9.13 Å². The third kappa shape index (κ3) is 3.14. The van der Waals surface area contributed by atoms with Gasteiger partial charge in [0.15, 0.2) is 0 Å². The average molecular weight is 274 g/mol. The van der Waals surface area contributed by atoms with Crippen LogP contribution in [0.3, 0.4) is 0 Å². The molecule has 0 amide bonds. The molecule has 0 fully saturated rings. The summed E-state index contributed by atoms with van der Waals surface area (Å²) in [4.78, 5) is 4.53. The molecule has 3 nitrogen and oxygen atoms in total. The number of pyridine rings is 1. The maximum absolute atomic E-state index is 13.6. The normalized spacial score (nSPS) is 12.2. The fourth-order valence-corrected chi connectivity index (χ4v) is 2.23. The lowest BCUT2D eigenvalue weighted by atomic mass is 10.0. The molecule has 2 aromatic rings. The van der Waals surface area contributed by atoms with Crippen LogP contribution in [0, 0.1) is 12.7 Å². The number of nitrogens with zero attached hydrogens (tertiary/aromatic N) is 1. The van der Waals surface area contributed by atoms with Crippen LogP contribution in [-0.2, 0) is 0 Å². The molecule has 1 N–H and O–H groups in total. The van der Waals surface area contributed by atoms with Gasteiger partial charge >= 0.3 is 0 Å². The SMILES string of the molecule is CCNC(c1cccc(C)n1)c1cc(F)ccc1OC. The zero-order valence-electron chi connectivity index (χ0n) is 12.0. The lowest BCUT2D eigenvalue weighted by Crippen LogP contribution is -2.23. The van der Waals surface area contributed by atoms with Gasteiger partial charge in [-0.2, -0.15) is 0 Å². The number of rotatable bonds is 5. The summed E-state index contributed by atoms with van der Waals surface area (Å²) in [6.45, 7) is 4.70. The van der Waals surface area contributed by atoms with Gasteiger partial charge in [-0.3, -0.25) is 4.98 Å². The van der Waals surface area contributed by atoms with Gasteiger partial charge < -0.3 is 10.1 Å². The molecule has 1 atom stereocenters. The predicted octanol–water partition coefficient (Wildman–Crippen LogP) is 3.24. The summed E-state index contributed by atoms with van der Waals surface area (Å²) in [5.74, 6) is 0.372. The molecule has 1 aromatic carbocycles. The molecule has 2 rings (SSSR count). The third-order valence-electron chi connectivity index (χ3n) is 3.12. The minimum absolute atomic E-state index is 0.189. The van der Waals surface area contributed by atoms with Gasteiger partial charge in [-0.25, -0.2) is 4.39 Å². The first kappa shape index (κ1) is 14.5.